The third kappa shape index (κ3) is 7.97. The van der Waals surface area contributed by atoms with Crippen molar-refractivity contribution in [2.45, 2.75) is 6.61 Å². The van der Waals surface area contributed by atoms with Crippen LogP contribution in [-0.2, 0) is 25.6 Å². The molecule has 0 aliphatic carbocycles. The van der Waals surface area contributed by atoms with Crippen molar-refractivity contribution in [3.63, 3.8) is 0 Å². The topological polar surface area (TPSA) is 101 Å². The van der Waals surface area contributed by atoms with Crippen LogP contribution in [0.1, 0.15) is 5.69 Å². The molecule has 0 fully saturated rings. The lowest BCUT2D eigenvalue weighted by Gasteiger charge is -2.06. The van der Waals surface area contributed by atoms with Gasteiger partial charge in [0, 0.05) is 7.11 Å². The lowest BCUT2D eigenvalue weighted by molar-refractivity contribution is 0.000436. The molecule has 0 spiro atoms. The molecule has 0 unspecified atom stereocenters. The Kier molecular flexibility index (Phi) is 9.62. The Bertz CT molecular complexity index is 337. The predicted molar refractivity (Wildman–Crippen MR) is 73.0 cm³/mol. The van der Waals surface area contributed by atoms with Crippen LogP contribution in [0.3, 0.4) is 0 Å². The van der Waals surface area contributed by atoms with Crippen molar-refractivity contribution < 1.29 is 18.9 Å². The van der Waals surface area contributed by atoms with Crippen LogP contribution in [0.25, 0.3) is 0 Å². The van der Waals surface area contributed by atoms with Crippen molar-refractivity contribution in [3.05, 3.63) is 18.1 Å². The van der Waals surface area contributed by atoms with Crippen LogP contribution in [0.5, 0.6) is 0 Å². The minimum Gasteiger partial charge on any atom is -0.382 e. The van der Waals surface area contributed by atoms with Gasteiger partial charge in [-0.25, -0.2) is 10.8 Å². The summed E-state index contributed by atoms with van der Waals surface area (Å²) in [7, 11) is 1.64. The maximum Gasteiger partial charge on any atom is 0.158 e. The smallest absolute Gasteiger partial charge is 0.158 e. The zero-order valence-electron chi connectivity index (χ0n) is 11.7. The maximum atomic E-state index is 5.40. The minimum atomic E-state index is 0.394. The van der Waals surface area contributed by atoms with Gasteiger partial charge in [-0.15, -0.1) is 0 Å². The van der Waals surface area contributed by atoms with Gasteiger partial charge < -0.3 is 24.4 Å². The molecule has 0 saturated carbocycles. The first kappa shape index (κ1) is 16.7. The van der Waals surface area contributed by atoms with Crippen molar-refractivity contribution in [2.75, 3.05) is 52.2 Å². The number of nitrogens with one attached hydrogen (secondary N) is 1. The number of anilines is 1. The summed E-state index contributed by atoms with van der Waals surface area (Å²) < 4.78 is 20.8. The van der Waals surface area contributed by atoms with E-state index in [1.54, 1.807) is 19.5 Å². The van der Waals surface area contributed by atoms with Gasteiger partial charge >= 0.3 is 0 Å². The Labute approximate surface area is 118 Å². The highest BCUT2D eigenvalue weighted by Gasteiger charge is 1.97. The fourth-order valence-electron chi connectivity index (χ4n) is 1.26. The number of methoxy groups -OCH3 is 1. The third-order valence-electron chi connectivity index (χ3n) is 2.28. The Balaban J connectivity index is 1.91. The van der Waals surface area contributed by atoms with Gasteiger partial charge in [-0.2, -0.15) is 0 Å². The molecule has 0 aliphatic rings. The number of hydrogen-bond acceptors (Lipinski definition) is 8. The number of ether oxygens (including phenoxy) is 4. The highest BCUT2D eigenvalue weighted by Crippen LogP contribution is 2.00. The molecular weight excluding hydrogens is 264 g/mol. The molecule has 1 rings (SSSR count). The molecule has 0 amide bonds. The summed E-state index contributed by atoms with van der Waals surface area (Å²) in [4.78, 5) is 8.15. The van der Waals surface area contributed by atoms with E-state index in [-0.39, 0.29) is 0 Å². The molecule has 1 heterocycles. The molecule has 0 bridgehead atoms. The van der Waals surface area contributed by atoms with Crippen molar-refractivity contribution in [3.8, 4) is 0 Å². The Hall–Kier alpha value is -1.32. The molecule has 1 aromatic rings. The normalized spacial score (nSPS) is 10.7. The SMILES string of the molecule is COCCOCCOCCOCc1cnc(NN)cn1. The molecule has 8 heteroatoms. The summed E-state index contributed by atoms with van der Waals surface area (Å²) >= 11 is 0. The zero-order valence-corrected chi connectivity index (χ0v) is 11.7. The number of nitrogen functional groups attached to an aromatic ring is 1. The molecule has 20 heavy (non-hydrogen) atoms. The summed E-state index contributed by atoms with van der Waals surface area (Å²) in [6.07, 6.45) is 3.16. The van der Waals surface area contributed by atoms with E-state index in [0.717, 1.165) is 5.69 Å². The molecule has 8 nitrogen and oxygen atoms in total. The Morgan fingerprint density at radius 3 is 2.15 bits per heavy atom. The van der Waals surface area contributed by atoms with Gasteiger partial charge in [-0.1, -0.05) is 0 Å². The number of hydrogen-bond donors (Lipinski definition) is 2. The van der Waals surface area contributed by atoms with Crippen LogP contribution in [-0.4, -0.2) is 56.7 Å². The van der Waals surface area contributed by atoms with Gasteiger partial charge in [-0.3, -0.25) is 4.98 Å². The summed E-state index contributed by atoms with van der Waals surface area (Å²) in [5.41, 5.74) is 3.15. The van der Waals surface area contributed by atoms with E-state index in [2.05, 4.69) is 15.4 Å². The molecule has 0 saturated heterocycles. The maximum absolute atomic E-state index is 5.40. The van der Waals surface area contributed by atoms with E-state index in [0.29, 0.717) is 52.1 Å². The number of nitrogens with zero attached hydrogens (tertiary/aromatic N) is 2. The van der Waals surface area contributed by atoms with Gasteiger partial charge in [0.05, 0.1) is 64.3 Å². The average Bonchev–Trinajstić information content (AvgIpc) is 2.50. The molecular formula is C12H22N4O4. The largest absolute Gasteiger partial charge is 0.382 e. The predicted octanol–water partition coefficient (Wildman–Crippen LogP) is -0.0416. The van der Waals surface area contributed by atoms with Crippen molar-refractivity contribution >= 4 is 5.82 Å². The van der Waals surface area contributed by atoms with E-state index in [1.165, 1.54) is 0 Å². The lowest BCUT2D eigenvalue weighted by atomic mass is 10.5. The minimum absolute atomic E-state index is 0.394. The highest BCUT2D eigenvalue weighted by atomic mass is 16.6. The summed E-state index contributed by atoms with van der Waals surface area (Å²) in [6, 6.07) is 0. The van der Waals surface area contributed by atoms with Gasteiger partial charge in [-0.05, 0) is 0 Å². The Morgan fingerprint density at radius 1 is 0.950 bits per heavy atom. The van der Waals surface area contributed by atoms with E-state index in [1.807, 2.05) is 0 Å². The summed E-state index contributed by atoms with van der Waals surface area (Å²) in [5, 5.41) is 0. The monoisotopic (exact) mass is 286 g/mol. The number of nitrogens with two attached hydrogens (primary N) is 1. The first-order chi connectivity index (χ1) is 9.86. The van der Waals surface area contributed by atoms with Gasteiger partial charge in [0.2, 0.25) is 0 Å². The van der Waals surface area contributed by atoms with E-state index in [4.69, 9.17) is 24.8 Å². The standard InChI is InChI=1S/C12H22N4O4/c1-17-2-3-18-4-5-19-6-7-20-10-11-8-15-12(16-13)9-14-11/h8-9H,2-7,10,13H2,1H3,(H,15,16). The van der Waals surface area contributed by atoms with Crippen molar-refractivity contribution in [2.24, 2.45) is 5.84 Å². The fourth-order valence-corrected chi connectivity index (χ4v) is 1.26. The zero-order chi connectivity index (χ0) is 14.5. The van der Waals surface area contributed by atoms with Crippen LogP contribution in [0.2, 0.25) is 0 Å². The van der Waals surface area contributed by atoms with E-state index >= 15 is 0 Å². The molecule has 0 aromatic carbocycles. The first-order valence-electron chi connectivity index (χ1n) is 6.36. The average molecular weight is 286 g/mol. The van der Waals surface area contributed by atoms with Gasteiger partial charge in [0.15, 0.2) is 5.82 Å². The third-order valence-corrected chi connectivity index (χ3v) is 2.28. The van der Waals surface area contributed by atoms with Crippen molar-refractivity contribution in [1.82, 2.24) is 9.97 Å². The molecule has 114 valence electrons. The first-order valence-corrected chi connectivity index (χ1v) is 6.36. The molecule has 1 aromatic heterocycles. The lowest BCUT2D eigenvalue weighted by Crippen LogP contribution is -2.12. The second-order valence-electron chi connectivity index (χ2n) is 3.81. The summed E-state index contributed by atoms with van der Waals surface area (Å²) in [5.74, 6) is 5.71. The van der Waals surface area contributed by atoms with Crippen LogP contribution in [0.15, 0.2) is 12.4 Å². The molecule has 0 atom stereocenters. The Morgan fingerprint density at radius 2 is 1.60 bits per heavy atom. The van der Waals surface area contributed by atoms with Crippen LogP contribution in [0, 0.1) is 0 Å². The quantitative estimate of drug-likeness (QED) is 0.313. The highest BCUT2D eigenvalue weighted by molar-refractivity contribution is 5.28. The second kappa shape index (κ2) is 11.5. The van der Waals surface area contributed by atoms with Gasteiger partial charge in [0.25, 0.3) is 0 Å². The van der Waals surface area contributed by atoms with Crippen molar-refractivity contribution in [1.29, 1.82) is 0 Å². The van der Waals surface area contributed by atoms with E-state index < -0.39 is 0 Å². The van der Waals surface area contributed by atoms with Crippen LogP contribution in [0.4, 0.5) is 5.82 Å². The van der Waals surface area contributed by atoms with Gasteiger partial charge in [0.1, 0.15) is 0 Å². The fraction of sp³-hybridized carbons (Fsp3) is 0.667. The number of aromatic nitrogens is 2. The molecule has 3 N–H and O–H groups in total. The summed E-state index contributed by atoms with van der Waals surface area (Å²) in [6.45, 7) is 3.70. The second-order valence-corrected chi connectivity index (χ2v) is 3.81. The van der Waals surface area contributed by atoms with Crippen LogP contribution < -0.4 is 11.3 Å². The van der Waals surface area contributed by atoms with Crippen LogP contribution >= 0.6 is 0 Å². The molecule has 0 aliphatic heterocycles. The number of rotatable bonds is 12. The molecule has 0 radical (unpaired) electrons. The number of hydrazine groups is 1. The van der Waals surface area contributed by atoms with E-state index in [9.17, 15) is 0 Å².